The molecule has 0 aromatic carbocycles. The standard InChI is InChI=1S/C11H24N2O/c1-6-9(3)8-12-10(4)11(14)13(5)7-2/h9-10,12H,6-8H2,1-5H3. The van der Waals surface area contributed by atoms with E-state index in [-0.39, 0.29) is 11.9 Å². The van der Waals surface area contributed by atoms with E-state index < -0.39 is 0 Å². The molecule has 2 atom stereocenters. The number of likely N-dealkylation sites (N-methyl/N-ethyl adjacent to an activating group) is 1. The lowest BCUT2D eigenvalue weighted by Gasteiger charge is -2.21. The summed E-state index contributed by atoms with van der Waals surface area (Å²) in [5, 5.41) is 3.26. The Morgan fingerprint density at radius 1 is 1.36 bits per heavy atom. The van der Waals surface area contributed by atoms with E-state index in [1.54, 1.807) is 4.90 Å². The third-order valence-corrected chi connectivity index (χ3v) is 2.69. The molecule has 0 saturated carbocycles. The van der Waals surface area contributed by atoms with Crippen molar-refractivity contribution in [2.24, 2.45) is 5.92 Å². The lowest BCUT2D eigenvalue weighted by molar-refractivity contribution is -0.131. The number of nitrogens with zero attached hydrogens (tertiary/aromatic N) is 1. The molecule has 3 nitrogen and oxygen atoms in total. The molecule has 1 N–H and O–H groups in total. The quantitative estimate of drug-likeness (QED) is 0.704. The lowest BCUT2D eigenvalue weighted by Crippen LogP contribution is -2.44. The molecule has 0 heterocycles. The van der Waals surface area contributed by atoms with Crippen molar-refractivity contribution in [2.45, 2.75) is 40.2 Å². The minimum atomic E-state index is -0.0612. The number of carbonyl (C=O) groups is 1. The van der Waals surface area contributed by atoms with Gasteiger partial charge in [0.1, 0.15) is 0 Å². The van der Waals surface area contributed by atoms with E-state index in [0.29, 0.717) is 5.92 Å². The molecule has 84 valence electrons. The Kier molecular flexibility index (Phi) is 6.54. The summed E-state index contributed by atoms with van der Waals surface area (Å²) >= 11 is 0. The fourth-order valence-corrected chi connectivity index (χ4v) is 1.10. The van der Waals surface area contributed by atoms with Gasteiger partial charge in [-0.1, -0.05) is 20.3 Å². The number of rotatable bonds is 6. The molecule has 0 spiro atoms. The molecule has 14 heavy (non-hydrogen) atoms. The first-order valence-corrected chi connectivity index (χ1v) is 5.51. The molecule has 0 aromatic heterocycles. The number of carbonyl (C=O) groups excluding carboxylic acids is 1. The van der Waals surface area contributed by atoms with Crippen LogP contribution in [0.4, 0.5) is 0 Å². The Morgan fingerprint density at radius 2 is 1.93 bits per heavy atom. The Labute approximate surface area is 87.9 Å². The molecule has 0 radical (unpaired) electrons. The van der Waals surface area contributed by atoms with Gasteiger partial charge in [0, 0.05) is 13.6 Å². The Hall–Kier alpha value is -0.570. The maximum atomic E-state index is 11.6. The summed E-state index contributed by atoms with van der Waals surface area (Å²) in [6.07, 6.45) is 1.15. The molecule has 0 aliphatic rings. The molecule has 0 fully saturated rings. The summed E-state index contributed by atoms with van der Waals surface area (Å²) in [6.45, 7) is 9.95. The zero-order chi connectivity index (χ0) is 11.1. The van der Waals surface area contributed by atoms with Crippen LogP contribution in [-0.2, 0) is 4.79 Å². The number of hydrogen-bond donors (Lipinski definition) is 1. The van der Waals surface area contributed by atoms with Crippen LogP contribution < -0.4 is 5.32 Å². The molecule has 0 aliphatic carbocycles. The maximum absolute atomic E-state index is 11.6. The largest absolute Gasteiger partial charge is 0.345 e. The second kappa shape index (κ2) is 6.82. The van der Waals surface area contributed by atoms with Crippen molar-refractivity contribution >= 4 is 5.91 Å². The first kappa shape index (κ1) is 13.4. The topological polar surface area (TPSA) is 32.3 Å². The van der Waals surface area contributed by atoms with Crippen molar-refractivity contribution in [1.82, 2.24) is 10.2 Å². The van der Waals surface area contributed by atoms with Gasteiger partial charge in [-0.3, -0.25) is 4.79 Å². The molecule has 0 aromatic rings. The minimum absolute atomic E-state index is 0.0612. The molecular formula is C11H24N2O. The van der Waals surface area contributed by atoms with Gasteiger partial charge in [-0.2, -0.15) is 0 Å². The summed E-state index contributed by atoms with van der Waals surface area (Å²) in [5.41, 5.74) is 0. The van der Waals surface area contributed by atoms with E-state index in [9.17, 15) is 4.79 Å². The average Bonchev–Trinajstić information content (AvgIpc) is 2.22. The monoisotopic (exact) mass is 200 g/mol. The van der Waals surface area contributed by atoms with Crippen LogP contribution in [0, 0.1) is 5.92 Å². The van der Waals surface area contributed by atoms with E-state index in [1.807, 2.05) is 20.9 Å². The van der Waals surface area contributed by atoms with E-state index in [4.69, 9.17) is 0 Å². The number of amides is 1. The number of nitrogens with one attached hydrogen (secondary N) is 1. The van der Waals surface area contributed by atoms with Gasteiger partial charge in [0.05, 0.1) is 6.04 Å². The second-order valence-corrected chi connectivity index (χ2v) is 4.00. The van der Waals surface area contributed by atoms with Crippen LogP contribution >= 0.6 is 0 Å². The minimum Gasteiger partial charge on any atom is -0.345 e. The molecule has 0 saturated heterocycles. The van der Waals surface area contributed by atoms with Crippen LogP contribution in [0.1, 0.15) is 34.1 Å². The highest BCUT2D eigenvalue weighted by atomic mass is 16.2. The van der Waals surface area contributed by atoms with E-state index in [2.05, 4.69) is 19.2 Å². The van der Waals surface area contributed by atoms with Gasteiger partial charge in [0.15, 0.2) is 0 Å². The van der Waals surface area contributed by atoms with E-state index in [1.165, 1.54) is 0 Å². The summed E-state index contributed by atoms with van der Waals surface area (Å²) in [6, 6.07) is -0.0612. The van der Waals surface area contributed by atoms with Crippen molar-refractivity contribution in [3.05, 3.63) is 0 Å². The van der Waals surface area contributed by atoms with Crippen LogP contribution in [0.2, 0.25) is 0 Å². The van der Waals surface area contributed by atoms with Crippen LogP contribution in [0.25, 0.3) is 0 Å². The SMILES string of the molecule is CCC(C)CNC(C)C(=O)N(C)CC. The van der Waals surface area contributed by atoms with E-state index in [0.717, 1.165) is 19.5 Å². The fourth-order valence-electron chi connectivity index (χ4n) is 1.10. The third-order valence-electron chi connectivity index (χ3n) is 2.69. The Bertz CT molecular complexity index is 171. The van der Waals surface area contributed by atoms with Gasteiger partial charge in [-0.25, -0.2) is 0 Å². The molecule has 2 unspecified atom stereocenters. The van der Waals surface area contributed by atoms with Gasteiger partial charge >= 0.3 is 0 Å². The van der Waals surface area contributed by atoms with Crippen molar-refractivity contribution in [2.75, 3.05) is 20.1 Å². The average molecular weight is 200 g/mol. The zero-order valence-corrected chi connectivity index (χ0v) is 10.1. The predicted molar refractivity (Wildman–Crippen MR) is 60.2 cm³/mol. The molecule has 0 aliphatic heterocycles. The van der Waals surface area contributed by atoms with Crippen molar-refractivity contribution < 1.29 is 4.79 Å². The van der Waals surface area contributed by atoms with Crippen LogP contribution in [-0.4, -0.2) is 37.0 Å². The van der Waals surface area contributed by atoms with Gasteiger partial charge in [-0.15, -0.1) is 0 Å². The lowest BCUT2D eigenvalue weighted by atomic mass is 10.1. The Morgan fingerprint density at radius 3 is 2.36 bits per heavy atom. The first-order valence-electron chi connectivity index (χ1n) is 5.51. The van der Waals surface area contributed by atoms with Gasteiger partial charge in [-0.05, 0) is 26.3 Å². The molecule has 1 amide bonds. The second-order valence-electron chi connectivity index (χ2n) is 4.00. The Balaban J connectivity index is 3.84. The molecule has 0 bridgehead atoms. The summed E-state index contributed by atoms with van der Waals surface area (Å²) in [5.74, 6) is 0.813. The van der Waals surface area contributed by atoms with Crippen molar-refractivity contribution in [1.29, 1.82) is 0 Å². The van der Waals surface area contributed by atoms with Crippen LogP contribution in [0.5, 0.6) is 0 Å². The number of hydrogen-bond acceptors (Lipinski definition) is 2. The third kappa shape index (κ3) is 4.61. The zero-order valence-electron chi connectivity index (χ0n) is 10.1. The van der Waals surface area contributed by atoms with Crippen LogP contribution in [0.3, 0.4) is 0 Å². The molecular weight excluding hydrogens is 176 g/mol. The highest BCUT2D eigenvalue weighted by Crippen LogP contribution is 1.99. The van der Waals surface area contributed by atoms with Gasteiger partial charge in [0.2, 0.25) is 5.91 Å². The van der Waals surface area contributed by atoms with E-state index >= 15 is 0 Å². The summed E-state index contributed by atoms with van der Waals surface area (Å²) in [4.78, 5) is 13.4. The highest BCUT2D eigenvalue weighted by Gasteiger charge is 2.15. The maximum Gasteiger partial charge on any atom is 0.239 e. The predicted octanol–water partition coefficient (Wildman–Crippen LogP) is 1.49. The van der Waals surface area contributed by atoms with Gasteiger partial charge < -0.3 is 10.2 Å². The van der Waals surface area contributed by atoms with Gasteiger partial charge in [0.25, 0.3) is 0 Å². The molecule has 3 heteroatoms. The van der Waals surface area contributed by atoms with Crippen molar-refractivity contribution in [3.8, 4) is 0 Å². The normalized spacial score (nSPS) is 14.9. The smallest absolute Gasteiger partial charge is 0.239 e. The summed E-state index contributed by atoms with van der Waals surface area (Å²) in [7, 11) is 1.84. The molecule has 0 rings (SSSR count). The fraction of sp³-hybridized carbons (Fsp3) is 0.909. The van der Waals surface area contributed by atoms with Crippen molar-refractivity contribution in [3.63, 3.8) is 0 Å². The van der Waals surface area contributed by atoms with Crippen LogP contribution in [0.15, 0.2) is 0 Å². The highest BCUT2D eigenvalue weighted by molar-refractivity contribution is 5.81. The summed E-state index contributed by atoms with van der Waals surface area (Å²) < 4.78 is 0. The first-order chi connectivity index (χ1) is 6.52.